The Morgan fingerprint density at radius 3 is 2.19 bits per heavy atom. The number of unbranched alkanes of at least 4 members (excludes halogenated alkanes) is 4. The zero-order chi connectivity index (χ0) is 25.7. The summed E-state index contributed by atoms with van der Waals surface area (Å²) >= 11 is 0. The lowest BCUT2D eigenvalue weighted by atomic mass is 9.63. The molecule has 0 heterocycles. The van der Waals surface area contributed by atoms with Gasteiger partial charge in [-0.05, 0) is 91.2 Å². The number of alkyl halides is 2. The van der Waals surface area contributed by atoms with Gasteiger partial charge >= 0.3 is 6.61 Å². The van der Waals surface area contributed by atoms with Crippen molar-refractivity contribution < 1.29 is 26.7 Å². The molecule has 6 heteroatoms. The summed E-state index contributed by atoms with van der Waals surface area (Å²) in [7, 11) is 0. The highest BCUT2D eigenvalue weighted by molar-refractivity contribution is 5.66. The number of hydrogen-bond acceptors (Lipinski definition) is 1. The molecule has 0 aromatic heterocycles. The number of benzene rings is 2. The van der Waals surface area contributed by atoms with Gasteiger partial charge in [-0.25, -0.2) is 13.2 Å². The van der Waals surface area contributed by atoms with Crippen molar-refractivity contribution in [1.29, 1.82) is 0 Å². The summed E-state index contributed by atoms with van der Waals surface area (Å²) in [6.07, 6.45) is 14.7. The minimum absolute atomic E-state index is 0.0487. The molecule has 0 saturated heterocycles. The summed E-state index contributed by atoms with van der Waals surface area (Å²) in [5, 5.41) is 0. The van der Waals surface area contributed by atoms with Crippen LogP contribution in [-0.2, 0) is 0 Å². The van der Waals surface area contributed by atoms with Gasteiger partial charge in [0.05, 0.1) is 5.56 Å². The fourth-order valence-corrected chi connectivity index (χ4v) is 6.54. The van der Waals surface area contributed by atoms with Gasteiger partial charge in [-0.3, -0.25) is 0 Å². The predicted octanol–water partition coefficient (Wildman–Crippen LogP) is 10.0. The van der Waals surface area contributed by atoms with Crippen LogP contribution in [0, 0.1) is 35.2 Å². The summed E-state index contributed by atoms with van der Waals surface area (Å²) in [5.41, 5.74) is 0.255. The zero-order valence-electron chi connectivity index (χ0n) is 21.1. The second kappa shape index (κ2) is 12.4. The zero-order valence-corrected chi connectivity index (χ0v) is 21.1. The van der Waals surface area contributed by atoms with Crippen LogP contribution in [0.25, 0.3) is 11.1 Å². The molecule has 2 saturated carbocycles. The van der Waals surface area contributed by atoms with E-state index in [4.69, 9.17) is 0 Å². The maximum Gasteiger partial charge on any atom is 0.387 e. The molecule has 4 rings (SSSR count). The number of ether oxygens (including phenoxy) is 1. The Morgan fingerprint density at radius 1 is 0.806 bits per heavy atom. The summed E-state index contributed by atoms with van der Waals surface area (Å²) in [5.74, 6) is -0.991. The van der Waals surface area contributed by atoms with Gasteiger partial charge in [0.1, 0.15) is 11.6 Å². The summed E-state index contributed by atoms with van der Waals surface area (Å²) in [6, 6.07) is 5.72. The number of fused-ring (bicyclic) bond motifs is 1. The van der Waals surface area contributed by atoms with Crippen LogP contribution in [0.1, 0.15) is 95.5 Å². The summed E-state index contributed by atoms with van der Waals surface area (Å²) in [4.78, 5) is 0. The smallest absolute Gasteiger partial charge is 0.387 e. The first-order chi connectivity index (χ1) is 17.4. The van der Waals surface area contributed by atoms with E-state index in [0.29, 0.717) is 11.5 Å². The summed E-state index contributed by atoms with van der Waals surface area (Å²) in [6.45, 7) is -0.941. The van der Waals surface area contributed by atoms with E-state index in [1.165, 1.54) is 76.0 Å². The lowest BCUT2D eigenvalue weighted by Crippen LogP contribution is -2.30. The first kappa shape index (κ1) is 26.9. The van der Waals surface area contributed by atoms with E-state index in [1.54, 1.807) is 0 Å². The monoisotopic (exact) mass is 508 g/mol. The second-order valence-electron chi connectivity index (χ2n) is 10.8. The maximum atomic E-state index is 15.1. The Labute approximate surface area is 211 Å². The van der Waals surface area contributed by atoms with E-state index in [9.17, 15) is 13.2 Å². The van der Waals surface area contributed by atoms with Crippen LogP contribution >= 0.6 is 0 Å². The molecular formula is C30H37F5O. The molecule has 36 heavy (non-hydrogen) atoms. The van der Waals surface area contributed by atoms with Gasteiger partial charge in [0, 0.05) is 0 Å². The first-order valence-electron chi connectivity index (χ1n) is 13.6. The van der Waals surface area contributed by atoms with Crippen LogP contribution in [0.4, 0.5) is 22.0 Å². The third-order valence-electron chi connectivity index (χ3n) is 8.41. The molecule has 1 nitrogen and oxygen atoms in total. The van der Waals surface area contributed by atoms with Gasteiger partial charge in [-0.2, -0.15) is 8.78 Å². The van der Waals surface area contributed by atoms with E-state index in [1.807, 2.05) is 0 Å². The molecule has 0 N–H and O–H groups in total. The Balaban J connectivity index is 1.38. The third-order valence-corrected chi connectivity index (χ3v) is 8.41. The highest BCUT2D eigenvalue weighted by Crippen LogP contribution is 2.49. The maximum absolute atomic E-state index is 15.1. The van der Waals surface area contributed by atoms with E-state index in [0.717, 1.165) is 43.2 Å². The van der Waals surface area contributed by atoms with Crippen molar-refractivity contribution in [3.63, 3.8) is 0 Å². The van der Waals surface area contributed by atoms with Gasteiger partial charge in [0.15, 0.2) is 11.6 Å². The van der Waals surface area contributed by atoms with Gasteiger partial charge in [0.2, 0.25) is 0 Å². The van der Waals surface area contributed by atoms with E-state index in [-0.39, 0.29) is 17.0 Å². The molecule has 2 aliphatic carbocycles. The van der Waals surface area contributed by atoms with Crippen LogP contribution in [0.15, 0.2) is 30.3 Å². The van der Waals surface area contributed by atoms with Crippen LogP contribution in [0.3, 0.4) is 0 Å². The predicted molar refractivity (Wildman–Crippen MR) is 133 cm³/mol. The molecular weight excluding hydrogens is 471 g/mol. The molecule has 0 spiro atoms. The van der Waals surface area contributed by atoms with Crippen LogP contribution in [-0.4, -0.2) is 6.61 Å². The molecule has 0 aliphatic heterocycles. The van der Waals surface area contributed by atoms with E-state index in [2.05, 4.69) is 11.7 Å². The van der Waals surface area contributed by atoms with Crippen molar-refractivity contribution in [3.05, 3.63) is 53.3 Å². The third kappa shape index (κ3) is 6.60. The van der Waals surface area contributed by atoms with Crippen molar-refractivity contribution in [2.75, 3.05) is 0 Å². The van der Waals surface area contributed by atoms with Crippen molar-refractivity contribution >= 4 is 0 Å². The Hall–Kier alpha value is -2.11. The second-order valence-corrected chi connectivity index (χ2v) is 10.8. The van der Waals surface area contributed by atoms with Crippen molar-refractivity contribution in [2.45, 2.75) is 96.5 Å². The van der Waals surface area contributed by atoms with Crippen molar-refractivity contribution in [2.24, 2.45) is 17.8 Å². The normalized spacial score (nSPS) is 24.1. The molecule has 0 radical (unpaired) electrons. The van der Waals surface area contributed by atoms with Crippen LogP contribution in [0.5, 0.6) is 5.75 Å². The summed E-state index contributed by atoms with van der Waals surface area (Å²) < 4.78 is 73.1. The van der Waals surface area contributed by atoms with Crippen molar-refractivity contribution in [3.8, 4) is 16.9 Å². The molecule has 4 atom stereocenters. The lowest BCUT2D eigenvalue weighted by molar-refractivity contribution is -0.0521. The first-order valence-corrected chi connectivity index (χ1v) is 13.6. The van der Waals surface area contributed by atoms with E-state index < -0.39 is 29.8 Å². The quantitative estimate of drug-likeness (QED) is 0.229. The van der Waals surface area contributed by atoms with Gasteiger partial charge in [-0.15, -0.1) is 0 Å². The van der Waals surface area contributed by atoms with Gasteiger partial charge in [0.25, 0.3) is 0 Å². The van der Waals surface area contributed by atoms with Crippen molar-refractivity contribution in [1.82, 2.24) is 0 Å². The fraction of sp³-hybridized carbons (Fsp3) is 0.600. The Kier molecular flexibility index (Phi) is 9.30. The lowest BCUT2D eigenvalue weighted by Gasteiger charge is -2.42. The number of hydrogen-bond donors (Lipinski definition) is 0. The molecule has 2 fully saturated rings. The highest BCUT2D eigenvalue weighted by Gasteiger charge is 2.36. The topological polar surface area (TPSA) is 9.23 Å². The number of rotatable bonds is 10. The van der Waals surface area contributed by atoms with E-state index >= 15 is 8.78 Å². The molecule has 198 valence electrons. The molecule has 2 aromatic rings. The standard InChI is InChI=1S/C30H37F5O/c1-2-3-4-5-6-7-19-8-9-21-15-22(11-10-20(21)14-19)24-17-26(32)29(27(33)18-24)23-12-13-28(25(31)16-23)36-30(34)35/h12-13,16-22,30H,2-11,14-15H2,1H3. The Bertz CT molecular complexity index is 984. The average Bonchev–Trinajstić information content (AvgIpc) is 2.84. The molecule has 2 aromatic carbocycles. The largest absolute Gasteiger partial charge is 0.432 e. The average molecular weight is 509 g/mol. The minimum atomic E-state index is -3.18. The minimum Gasteiger partial charge on any atom is -0.432 e. The fourth-order valence-electron chi connectivity index (χ4n) is 6.54. The molecule has 2 aliphatic rings. The molecule has 0 bridgehead atoms. The molecule has 0 amide bonds. The van der Waals surface area contributed by atoms with Crippen LogP contribution < -0.4 is 4.74 Å². The van der Waals surface area contributed by atoms with Gasteiger partial charge < -0.3 is 4.74 Å². The molecule has 4 unspecified atom stereocenters. The van der Waals surface area contributed by atoms with Crippen LogP contribution in [0.2, 0.25) is 0 Å². The number of halogens is 5. The highest BCUT2D eigenvalue weighted by atomic mass is 19.3. The van der Waals surface area contributed by atoms with Gasteiger partial charge in [-0.1, -0.05) is 57.9 Å². The SMILES string of the molecule is CCCCCCCC1CCC2CC(c3cc(F)c(-c4ccc(OC(F)F)c(F)c4)c(F)c3)CCC2C1. The Morgan fingerprint density at radius 2 is 1.50 bits per heavy atom.